The number of cyclic esters (lactones) is 1. The van der Waals surface area contributed by atoms with Crippen molar-refractivity contribution in [2.45, 2.75) is 65.4 Å². The van der Waals surface area contributed by atoms with E-state index >= 15 is 0 Å². The van der Waals surface area contributed by atoms with E-state index < -0.39 is 0 Å². The standard InChI is InChI=1S/C14H24O2/c1-5-10-7-11(6-2)14(8-10)9-13(3,4)16-12(14)15/h10-11H,5-9H2,1-4H3. The molecule has 0 N–H and O–H groups in total. The number of rotatable bonds is 2. The lowest BCUT2D eigenvalue weighted by Crippen LogP contribution is -2.30. The van der Waals surface area contributed by atoms with Crippen LogP contribution in [0.2, 0.25) is 0 Å². The highest BCUT2D eigenvalue weighted by Crippen LogP contribution is 2.57. The van der Waals surface area contributed by atoms with Crippen molar-refractivity contribution in [2.24, 2.45) is 17.3 Å². The molecule has 2 heteroatoms. The van der Waals surface area contributed by atoms with Crippen LogP contribution in [0.25, 0.3) is 0 Å². The Balaban J connectivity index is 2.27. The molecule has 0 aromatic carbocycles. The lowest BCUT2D eigenvalue weighted by Gasteiger charge is -2.26. The molecule has 1 aliphatic heterocycles. The topological polar surface area (TPSA) is 26.3 Å². The maximum Gasteiger partial charge on any atom is 0.313 e. The second kappa shape index (κ2) is 3.75. The van der Waals surface area contributed by atoms with Gasteiger partial charge in [0.15, 0.2) is 0 Å². The summed E-state index contributed by atoms with van der Waals surface area (Å²) in [6, 6.07) is 0. The van der Waals surface area contributed by atoms with Crippen LogP contribution in [0, 0.1) is 17.3 Å². The molecule has 0 aromatic rings. The monoisotopic (exact) mass is 224 g/mol. The third kappa shape index (κ3) is 1.66. The molecule has 2 fully saturated rings. The van der Waals surface area contributed by atoms with Gasteiger partial charge in [-0.05, 0) is 38.5 Å². The second-order valence-corrected chi connectivity index (χ2v) is 6.30. The molecule has 1 saturated heterocycles. The average molecular weight is 224 g/mol. The van der Waals surface area contributed by atoms with Gasteiger partial charge >= 0.3 is 5.97 Å². The first kappa shape index (κ1) is 11.9. The summed E-state index contributed by atoms with van der Waals surface area (Å²) in [6.07, 6.45) is 5.52. The van der Waals surface area contributed by atoms with Crippen LogP contribution in [0.1, 0.15) is 59.8 Å². The van der Waals surface area contributed by atoms with Crippen LogP contribution >= 0.6 is 0 Å². The van der Waals surface area contributed by atoms with Gasteiger partial charge in [-0.1, -0.05) is 26.7 Å². The normalized spacial score (nSPS) is 41.6. The van der Waals surface area contributed by atoms with E-state index in [4.69, 9.17) is 4.74 Å². The fourth-order valence-corrected chi connectivity index (χ4v) is 3.95. The quantitative estimate of drug-likeness (QED) is 0.671. The molecule has 2 aliphatic rings. The molecule has 0 radical (unpaired) electrons. The van der Waals surface area contributed by atoms with E-state index in [-0.39, 0.29) is 17.0 Å². The zero-order valence-corrected chi connectivity index (χ0v) is 11.0. The first-order chi connectivity index (χ1) is 7.43. The summed E-state index contributed by atoms with van der Waals surface area (Å²) < 4.78 is 5.57. The van der Waals surface area contributed by atoms with Crippen LogP contribution < -0.4 is 0 Å². The molecular weight excluding hydrogens is 200 g/mol. The lowest BCUT2D eigenvalue weighted by atomic mass is 9.72. The van der Waals surface area contributed by atoms with Crippen LogP contribution in [0.4, 0.5) is 0 Å². The van der Waals surface area contributed by atoms with Crippen molar-refractivity contribution in [2.75, 3.05) is 0 Å². The summed E-state index contributed by atoms with van der Waals surface area (Å²) in [5.41, 5.74) is -0.383. The van der Waals surface area contributed by atoms with Gasteiger partial charge in [-0.2, -0.15) is 0 Å². The van der Waals surface area contributed by atoms with Gasteiger partial charge in [0.1, 0.15) is 5.60 Å². The minimum Gasteiger partial charge on any atom is -0.459 e. The fourth-order valence-electron chi connectivity index (χ4n) is 3.95. The Bertz CT molecular complexity index is 295. The summed E-state index contributed by atoms with van der Waals surface area (Å²) in [6.45, 7) is 8.54. The van der Waals surface area contributed by atoms with E-state index in [1.165, 1.54) is 12.8 Å². The number of carbonyl (C=O) groups is 1. The Morgan fingerprint density at radius 2 is 2.00 bits per heavy atom. The molecule has 2 rings (SSSR count). The van der Waals surface area contributed by atoms with Crippen LogP contribution in [0.5, 0.6) is 0 Å². The van der Waals surface area contributed by atoms with E-state index in [9.17, 15) is 4.79 Å². The summed E-state index contributed by atoms with van der Waals surface area (Å²) in [5, 5.41) is 0. The van der Waals surface area contributed by atoms with Crippen LogP contribution in [-0.2, 0) is 9.53 Å². The first-order valence-electron chi connectivity index (χ1n) is 6.67. The Hall–Kier alpha value is -0.530. The molecule has 0 amide bonds. The first-order valence-corrected chi connectivity index (χ1v) is 6.67. The molecule has 0 bridgehead atoms. The summed E-state index contributed by atoms with van der Waals surface area (Å²) >= 11 is 0. The van der Waals surface area contributed by atoms with Crippen molar-refractivity contribution in [3.8, 4) is 0 Å². The Labute approximate surface area is 98.7 Å². The number of carbonyl (C=O) groups excluding carboxylic acids is 1. The van der Waals surface area contributed by atoms with E-state index in [0.29, 0.717) is 5.92 Å². The highest BCUT2D eigenvalue weighted by molar-refractivity contribution is 5.80. The molecule has 3 atom stereocenters. The zero-order chi connectivity index (χ0) is 12.0. The largest absolute Gasteiger partial charge is 0.459 e. The van der Waals surface area contributed by atoms with Crippen molar-refractivity contribution in [1.82, 2.24) is 0 Å². The minimum atomic E-state index is -0.243. The van der Waals surface area contributed by atoms with Gasteiger partial charge in [0.2, 0.25) is 0 Å². The maximum absolute atomic E-state index is 12.2. The number of esters is 1. The molecule has 1 aliphatic carbocycles. The van der Waals surface area contributed by atoms with E-state index in [2.05, 4.69) is 13.8 Å². The van der Waals surface area contributed by atoms with Gasteiger partial charge < -0.3 is 4.74 Å². The number of hydrogen-bond acceptors (Lipinski definition) is 2. The Morgan fingerprint density at radius 1 is 1.31 bits per heavy atom. The third-order valence-corrected chi connectivity index (χ3v) is 4.64. The predicted molar refractivity (Wildman–Crippen MR) is 64.0 cm³/mol. The molecule has 1 saturated carbocycles. The summed E-state index contributed by atoms with van der Waals surface area (Å²) in [7, 11) is 0. The van der Waals surface area contributed by atoms with Crippen LogP contribution in [-0.4, -0.2) is 11.6 Å². The van der Waals surface area contributed by atoms with Crippen molar-refractivity contribution >= 4 is 5.97 Å². The van der Waals surface area contributed by atoms with Gasteiger partial charge in [-0.15, -0.1) is 0 Å². The van der Waals surface area contributed by atoms with Crippen LogP contribution in [0.3, 0.4) is 0 Å². The SMILES string of the molecule is CCC1CC(CC)C2(C1)CC(C)(C)OC2=O. The zero-order valence-electron chi connectivity index (χ0n) is 11.0. The smallest absolute Gasteiger partial charge is 0.313 e. The average Bonchev–Trinajstić information content (AvgIpc) is 2.65. The third-order valence-electron chi connectivity index (χ3n) is 4.64. The van der Waals surface area contributed by atoms with Gasteiger partial charge in [0.25, 0.3) is 0 Å². The van der Waals surface area contributed by atoms with Crippen molar-refractivity contribution in [1.29, 1.82) is 0 Å². The predicted octanol–water partition coefficient (Wildman–Crippen LogP) is 3.54. The maximum atomic E-state index is 12.2. The number of ether oxygens (including phenoxy) is 1. The minimum absolute atomic E-state index is 0.0836. The molecular formula is C14H24O2. The van der Waals surface area contributed by atoms with Crippen molar-refractivity contribution < 1.29 is 9.53 Å². The molecule has 3 unspecified atom stereocenters. The summed E-state index contributed by atoms with van der Waals surface area (Å²) in [5.74, 6) is 1.36. The van der Waals surface area contributed by atoms with E-state index in [1.807, 2.05) is 13.8 Å². The van der Waals surface area contributed by atoms with Crippen molar-refractivity contribution in [3.63, 3.8) is 0 Å². The van der Waals surface area contributed by atoms with Gasteiger partial charge in [0, 0.05) is 6.42 Å². The van der Waals surface area contributed by atoms with Gasteiger partial charge in [-0.3, -0.25) is 4.79 Å². The van der Waals surface area contributed by atoms with Gasteiger partial charge in [-0.25, -0.2) is 0 Å². The molecule has 0 aromatic heterocycles. The second-order valence-electron chi connectivity index (χ2n) is 6.30. The summed E-state index contributed by atoms with van der Waals surface area (Å²) in [4.78, 5) is 12.2. The molecule has 1 heterocycles. The highest BCUT2D eigenvalue weighted by atomic mass is 16.6. The van der Waals surface area contributed by atoms with Crippen molar-refractivity contribution in [3.05, 3.63) is 0 Å². The molecule has 1 spiro atoms. The Kier molecular flexibility index (Phi) is 2.80. The fraction of sp³-hybridized carbons (Fsp3) is 0.929. The molecule has 2 nitrogen and oxygen atoms in total. The number of hydrogen-bond donors (Lipinski definition) is 0. The van der Waals surface area contributed by atoms with E-state index in [1.54, 1.807) is 0 Å². The van der Waals surface area contributed by atoms with Gasteiger partial charge in [0.05, 0.1) is 5.41 Å². The Morgan fingerprint density at radius 3 is 2.44 bits per heavy atom. The van der Waals surface area contributed by atoms with Crippen LogP contribution in [0.15, 0.2) is 0 Å². The molecule has 16 heavy (non-hydrogen) atoms. The highest BCUT2D eigenvalue weighted by Gasteiger charge is 2.59. The molecule has 92 valence electrons. The van der Waals surface area contributed by atoms with E-state index in [0.717, 1.165) is 25.2 Å². The lowest BCUT2D eigenvalue weighted by molar-refractivity contribution is -0.153.